The molecule has 0 unspecified atom stereocenters. The van der Waals surface area contributed by atoms with Crippen LogP contribution < -0.4 is 0 Å². The summed E-state index contributed by atoms with van der Waals surface area (Å²) < 4.78 is 1.66. The molecule has 4 nitrogen and oxygen atoms in total. The second-order valence-electron chi connectivity index (χ2n) is 3.35. The van der Waals surface area contributed by atoms with Crippen LogP contribution in [-0.4, -0.2) is 25.7 Å². The first-order chi connectivity index (χ1) is 8.29. The van der Waals surface area contributed by atoms with Gasteiger partial charge in [-0.05, 0) is 24.3 Å². The highest BCUT2D eigenvalue weighted by Gasteiger charge is 2.00. The molecule has 0 radical (unpaired) electrons. The molecule has 2 aromatic heterocycles. The number of thiol groups is 1. The lowest BCUT2D eigenvalue weighted by Gasteiger charge is -1.97. The van der Waals surface area contributed by atoms with Crippen LogP contribution in [0.25, 0.3) is 11.9 Å². The van der Waals surface area contributed by atoms with Crippen molar-refractivity contribution in [3.05, 3.63) is 41.3 Å². The van der Waals surface area contributed by atoms with E-state index in [0.29, 0.717) is 11.0 Å². The summed E-state index contributed by atoms with van der Waals surface area (Å²) in [5, 5.41) is 12.3. The third-order valence-corrected chi connectivity index (χ3v) is 2.52. The first-order valence-corrected chi connectivity index (χ1v) is 6.12. The zero-order valence-corrected chi connectivity index (χ0v) is 10.6. The fourth-order valence-electron chi connectivity index (χ4n) is 1.27. The van der Waals surface area contributed by atoms with E-state index in [1.807, 2.05) is 12.3 Å². The van der Waals surface area contributed by atoms with Gasteiger partial charge >= 0.3 is 0 Å². The Morgan fingerprint density at radius 2 is 2.24 bits per heavy atom. The van der Waals surface area contributed by atoms with Gasteiger partial charge in [-0.2, -0.15) is 17.7 Å². The average molecular weight is 267 g/mol. The van der Waals surface area contributed by atoms with E-state index < -0.39 is 0 Å². The third kappa shape index (κ3) is 3.31. The third-order valence-electron chi connectivity index (χ3n) is 2.06. The molecule has 0 amide bonds. The molecule has 0 aromatic carbocycles. The normalized spacial score (nSPS) is 11.2. The maximum atomic E-state index is 5.67. The van der Waals surface area contributed by atoms with Gasteiger partial charge in [0.05, 0.1) is 6.20 Å². The van der Waals surface area contributed by atoms with Gasteiger partial charge in [0, 0.05) is 11.8 Å². The van der Waals surface area contributed by atoms with E-state index >= 15 is 0 Å². The van der Waals surface area contributed by atoms with Gasteiger partial charge in [-0.1, -0.05) is 23.8 Å². The monoisotopic (exact) mass is 266 g/mol. The van der Waals surface area contributed by atoms with E-state index in [9.17, 15) is 0 Å². The Labute approximate surface area is 110 Å². The summed E-state index contributed by atoms with van der Waals surface area (Å²) in [6, 6.07) is 3.45. The summed E-state index contributed by atoms with van der Waals surface area (Å²) in [6.45, 7) is 0. The summed E-state index contributed by atoms with van der Waals surface area (Å²) in [4.78, 5) is 0. The zero-order chi connectivity index (χ0) is 12.1. The van der Waals surface area contributed by atoms with Crippen LogP contribution in [0.3, 0.4) is 0 Å². The standard InChI is InChI=1S/C11H11ClN4S/c12-10-4-5-11(15-14-10)16-8-9(7-13-16)3-1-2-6-17/h1,3-5,7-8,17H,2,6H2. The summed E-state index contributed by atoms with van der Waals surface area (Å²) in [5.74, 6) is 1.48. The lowest BCUT2D eigenvalue weighted by Crippen LogP contribution is -1.98. The highest BCUT2D eigenvalue weighted by molar-refractivity contribution is 7.80. The van der Waals surface area contributed by atoms with E-state index in [-0.39, 0.29) is 0 Å². The van der Waals surface area contributed by atoms with E-state index in [4.69, 9.17) is 11.6 Å². The van der Waals surface area contributed by atoms with E-state index in [1.165, 1.54) is 0 Å². The van der Waals surface area contributed by atoms with Gasteiger partial charge in [-0.3, -0.25) is 0 Å². The minimum absolute atomic E-state index is 0.370. The maximum absolute atomic E-state index is 5.67. The van der Waals surface area contributed by atoms with Gasteiger partial charge in [0.15, 0.2) is 11.0 Å². The highest BCUT2D eigenvalue weighted by Crippen LogP contribution is 2.08. The van der Waals surface area contributed by atoms with E-state index in [1.54, 1.807) is 23.0 Å². The first kappa shape index (κ1) is 12.1. The van der Waals surface area contributed by atoms with Gasteiger partial charge in [0.25, 0.3) is 0 Å². The Bertz CT molecular complexity index is 506. The quantitative estimate of drug-likeness (QED) is 0.866. The zero-order valence-electron chi connectivity index (χ0n) is 8.99. The second-order valence-corrected chi connectivity index (χ2v) is 4.18. The predicted molar refractivity (Wildman–Crippen MR) is 71.7 cm³/mol. The Balaban J connectivity index is 2.15. The van der Waals surface area contributed by atoms with Gasteiger partial charge in [0.2, 0.25) is 0 Å². The SMILES string of the molecule is SCCC=Cc1cnn(-c2ccc(Cl)nn2)c1. The summed E-state index contributed by atoms with van der Waals surface area (Å²) in [5.41, 5.74) is 1.02. The number of hydrogen-bond acceptors (Lipinski definition) is 4. The van der Waals surface area contributed by atoms with Gasteiger partial charge in [-0.15, -0.1) is 10.2 Å². The van der Waals surface area contributed by atoms with Crippen LogP contribution in [0.1, 0.15) is 12.0 Å². The maximum Gasteiger partial charge on any atom is 0.175 e. The molecule has 88 valence electrons. The van der Waals surface area contributed by atoms with Crippen molar-refractivity contribution in [3.8, 4) is 5.82 Å². The molecule has 0 aliphatic carbocycles. The van der Waals surface area contributed by atoms with Gasteiger partial charge < -0.3 is 0 Å². The van der Waals surface area contributed by atoms with Crippen molar-refractivity contribution in [3.63, 3.8) is 0 Å². The van der Waals surface area contributed by atoms with Gasteiger partial charge in [0.1, 0.15) is 0 Å². The molecule has 17 heavy (non-hydrogen) atoms. The lowest BCUT2D eigenvalue weighted by molar-refractivity contribution is 0.814. The molecule has 2 aromatic rings. The molecule has 0 bridgehead atoms. The fraction of sp³-hybridized carbons (Fsp3) is 0.182. The largest absolute Gasteiger partial charge is 0.220 e. The number of nitrogens with zero attached hydrogens (tertiary/aromatic N) is 4. The lowest BCUT2D eigenvalue weighted by atomic mass is 10.3. The minimum Gasteiger partial charge on any atom is -0.220 e. The van der Waals surface area contributed by atoms with Crippen molar-refractivity contribution in [2.45, 2.75) is 6.42 Å². The van der Waals surface area contributed by atoms with Crippen LogP contribution in [0.5, 0.6) is 0 Å². The molecule has 2 rings (SSSR count). The van der Waals surface area contributed by atoms with Crippen LogP contribution in [0, 0.1) is 0 Å². The minimum atomic E-state index is 0.370. The molecule has 0 aliphatic rings. The number of hydrogen-bond donors (Lipinski definition) is 1. The molecule has 0 spiro atoms. The van der Waals surface area contributed by atoms with Crippen molar-refractivity contribution >= 4 is 30.3 Å². The van der Waals surface area contributed by atoms with Crippen LogP contribution >= 0.6 is 24.2 Å². The van der Waals surface area contributed by atoms with Crippen LogP contribution in [-0.2, 0) is 0 Å². The van der Waals surface area contributed by atoms with E-state index in [0.717, 1.165) is 17.7 Å². The fourth-order valence-corrected chi connectivity index (χ4v) is 1.52. The predicted octanol–water partition coefficient (Wildman–Crippen LogP) is 2.65. The first-order valence-electron chi connectivity index (χ1n) is 5.11. The number of rotatable bonds is 4. The van der Waals surface area contributed by atoms with Crippen molar-refractivity contribution < 1.29 is 0 Å². The average Bonchev–Trinajstić information content (AvgIpc) is 2.79. The molecule has 0 aliphatic heterocycles. The van der Waals surface area contributed by atoms with Crippen molar-refractivity contribution in [1.82, 2.24) is 20.0 Å². The molecule has 0 fully saturated rings. The Morgan fingerprint density at radius 3 is 2.94 bits per heavy atom. The van der Waals surface area contributed by atoms with Crippen molar-refractivity contribution in [2.75, 3.05) is 5.75 Å². The number of halogens is 1. The summed E-state index contributed by atoms with van der Waals surface area (Å²) in [7, 11) is 0. The highest BCUT2D eigenvalue weighted by atomic mass is 35.5. The Morgan fingerprint density at radius 1 is 1.35 bits per heavy atom. The number of aromatic nitrogens is 4. The van der Waals surface area contributed by atoms with Crippen molar-refractivity contribution in [2.24, 2.45) is 0 Å². The molecule has 0 N–H and O–H groups in total. The summed E-state index contributed by atoms with van der Waals surface area (Å²) in [6.07, 6.45) is 8.65. The Kier molecular flexibility index (Phi) is 4.17. The molecule has 2 heterocycles. The molecule has 0 atom stereocenters. The smallest absolute Gasteiger partial charge is 0.175 e. The molecule has 0 saturated carbocycles. The molecule has 6 heteroatoms. The second kappa shape index (κ2) is 5.84. The molecular formula is C11H11ClN4S. The van der Waals surface area contributed by atoms with E-state index in [2.05, 4.69) is 34.0 Å². The molecular weight excluding hydrogens is 256 g/mol. The van der Waals surface area contributed by atoms with Crippen LogP contribution in [0.15, 0.2) is 30.6 Å². The van der Waals surface area contributed by atoms with Crippen molar-refractivity contribution in [1.29, 1.82) is 0 Å². The van der Waals surface area contributed by atoms with Crippen LogP contribution in [0.2, 0.25) is 5.15 Å². The number of allylic oxidation sites excluding steroid dienone is 1. The topological polar surface area (TPSA) is 43.6 Å². The molecule has 0 saturated heterocycles. The van der Waals surface area contributed by atoms with Crippen LogP contribution in [0.4, 0.5) is 0 Å². The summed E-state index contributed by atoms with van der Waals surface area (Å²) >= 11 is 9.80. The Hall–Kier alpha value is -1.33. The van der Waals surface area contributed by atoms with Gasteiger partial charge in [-0.25, -0.2) is 4.68 Å².